The molecule has 0 spiro atoms. The van der Waals surface area contributed by atoms with Crippen LogP contribution in [0.2, 0.25) is 0 Å². The van der Waals surface area contributed by atoms with Crippen molar-refractivity contribution in [2.24, 2.45) is 0 Å². The van der Waals surface area contributed by atoms with E-state index in [9.17, 15) is 0 Å². The summed E-state index contributed by atoms with van der Waals surface area (Å²) in [5.41, 5.74) is 19.6. The molecule has 4 nitrogen and oxygen atoms in total. The summed E-state index contributed by atoms with van der Waals surface area (Å²) < 4.78 is 4.82. The minimum atomic E-state index is 0.799. The van der Waals surface area contributed by atoms with Gasteiger partial charge in [-0.2, -0.15) is 0 Å². The second-order valence-corrected chi connectivity index (χ2v) is 19.3. The maximum atomic E-state index is 5.77. The molecule has 0 aliphatic carbocycles. The summed E-state index contributed by atoms with van der Waals surface area (Å²) in [5, 5.41) is 9.28. The Balaban J connectivity index is 0.971. The quantitative estimate of drug-likeness (QED) is 0.149. The van der Waals surface area contributed by atoms with Crippen molar-refractivity contribution >= 4 is 76.2 Å². The monoisotopic (exact) mass is 940 g/mol. The Morgan fingerprint density at radius 2 is 0.568 bits per heavy atom. The molecule has 0 unspecified atom stereocenters. The molecule has 0 saturated heterocycles. The summed E-state index contributed by atoms with van der Waals surface area (Å²) in [6.07, 6.45) is 1.99. The highest BCUT2D eigenvalue weighted by molar-refractivity contribution is 6.24. The molecular formula is C70H44N4. The summed E-state index contributed by atoms with van der Waals surface area (Å²) in [6.45, 7) is 0. The number of rotatable bonds is 7. The number of fused-ring (bicyclic) bond motifs is 12. The zero-order chi connectivity index (χ0) is 48.7. The first kappa shape index (κ1) is 41.8. The van der Waals surface area contributed by atoms with E-state index in [2.05, 4.69) is 270 Å². The molecule has 15 aromatic rings. The van der Waals surface area contributed by atoms with E-state index in [-0.39, 0.29) is 0 Å². The van der Waals surface area contributed by atoms with Gasteiger partial charge in [0.15, 0.2) is 0 Å². The Kier molecular flexibility index (Phi) is 9.54. The van der Waals surface area contributed by atoms with E-state index in [1.165, 1.54) is 43.8 Å². The highest BCUT2D eigenvalue weighted by atomic mass is 15.0. The van der Waals surface area contributed by atoms with Gasteiger partial charge in [0.05, 0.1) is 45.0 Å². The predicted molar refractivity (Wildman–Crippen MR) is 310 cm³/mol. The number of hydrogen-bond donors (Lipinski definition) is 0. The second-order valence-electron chi connectivity index (χ2n) is 19.3. The SMILES string of the molecule is c1ccc(-c2ccc(-c3ccc4c5ccc(-c6ccc(-c7ccccc7)cc6)cc5c5nc(-c6cc(-n7c8ccccc8c8ccccc87)cc(-n7c8ccccc8c8ccccc87)c6)cnc5c4c3)cc2)cc1. The van der Waals surface area contributed by atoms with Gasteiger partial charge >= 0.3 is 0 Å². The van der Waals surface area contributed by atoms with Crippen molar-refractivity contribution in [3.05, 3.63) is 267 Å². The van der Waals surface area contributed by atoms with Crippen LogP contribution in [0.4, 0.5) is 0 Å². The molecule has 0 bridgehead atoms. The van der Waals surface area contributed by atoms with Crippen molar-refractivity contribution < 1.29 is 0 Å². The molecule has 0 aliphatic rings. The first-order chi connectivity index (χ1) is 36.7. The average Bonchev–Trinajstić information content (AvgIpc) is 4.01. The van der Waals surface area contributed by atoms with Gasteiger partial charge in [0, 0.05) is 49.3 Å². The Labute approximate surface area is 427 Å². The Morgan fingerprint density at radius 1 is 0.230 bits per heavy atom. The Bertz CT molecular complexity index is 4440. The molecule has 0 radical (unpaired) electrons. The van der Waals surface area contributed by atoms with Crippen LogP contribution < -0.4 is 0 Å². The lowest BCUT2D eigenvalue weighted by Gasteiger charge is -2.16. The van der Waals surface area contributed by atoms with E-state index < -0.39 is 0 Å². The van der Waals surface area contributed by atoms with Gasteiger partial charge in [-0.15, -0.1) is 0 Å². The summed E-state index contributed by atoms with van der Waals surface area (Å²) in [6, 6.07) is 94.4. The largest absolute Gasteiger partial charge is 0.309 e. The third-order valence-electron chi connectivity index (χ3n) is 15.1. The van der Waals surface area contributed by atoms with E-state index >= 15 is 0 Å². The van der Waals surface area contributed by atoms with E-state index in [0.717, 1.165) is 99.5 Å². The van der Waals surface area contributed by atoms with Crippen molar-refractivity contribution in [1.82, 2.24) is 19.1 Å². The van der Waals surface area contributed by atoms with Crippen LogP contribution in [0.5, 0.6) is 0 Å². The second kappa shape index (κ2) is 16.9. The zero-order valence-electron chi connectivity index (χ0n) is 40.2. The first-order valence-corrected chi connectivity index (χ1v) is 25.3. The molecule has 344 valence electrons. The van der Waals surface area contributed by atoms with Crippen LogP contribution in [-0.4, -0.2) is 19.1 Å². The van der Waals surface area contributed by atoms with Crippen LogP contribution in [-0.2, 0) is 0 Å². The fourth-order valence-corrected chi connectivity index (χ4v) is 11.6. The van der Waals surface area contributed by atoms with Gasteiger partial charge in [0.1, 0.15) is 0 Å². The molecule has 74 heavy (non-hydrogen) atoms. The fourth-order valence-electron chi connectivity index (χ4n) is 11.6. The van der Waals surface area contributed by atoms with Crippen molar-refractivity contribution in [3.8, 4) is 67.1 Å². The molecule has 15 rings (SSSR count). The number of hydrogen-bond acceptors (Lipinski definition) is 2. The molecular weight excluding hydrogens is 897 g/mol. The molecule has 0 amide bonds. The maximum absolute atomic E-state index is 5.77. The number of nitrogens with zero attached hydrogens (tertiary/aromatic N) is 4. The van der Waals surface area contributed by atoms with Crippen molar-refractivity contribution in [3.63, 3.8) is 0 Å². The molecule has 0 N–H and O–H groups in total. The van der Waals surface area contributed by atoms with E-state index in [0.29, 0.717) is 0 Å². The minimum Gasteiger partial charge on any atom is -0.309 e. The average molecular weight is 941 g/mol. The lowest BCUT2D eigenvalue weighted by molar-refractivity contribution is 1.13. The molecule has 12 aromatic carbocycles. The van der Waals surface area contributed by atoms with Gasteiger partial charge in [-0.05, 0) is 110 Å². The highest BCUT2D eigenvalue weighted by Gasteiger charge is 2.20. The van der Waals surface area contributed by atoms with Crippen molar-refractivity contribution in [1.29, 1.82) is 0 Å². The highest BCUT2D eigenvalue weighted by Crippen LogP contribution is 2.41. The van der Waals surface area contributed by atoms with Gasteiger partial charge < -0.3 is 9.13 Å². The number of aromatic nitrogens is 4. The predicted octanol–water partition coefficient (Wildman–Crippen LogP) is 18.5. The van der Waals surface area contributed by atoms with Crippen LogP contribution in [0.1, 0.15) is 0 Å². The fraction of sp³-hybridized carbons (Fsp3) is 0. The third-order valence-corrected chi connectivity index (χ3v) is 15.1. The van der Waals surface area contributed by atoms with E-state index in [1.54, 1.807) is 0 Å². The number of para-hydroxylation sites is 4. The Morgan fingerprint density at radius 3 is 0.986 bits per heavy atom. The molecule has 4 heteroatoms. The van der Waals surface area contributed by atoms with Crippen molar-refractivity contribution in [2.45, 2.75) is 0 Å². The van der Waals surface area contributed by atoms with Crippen molar-refractivity contribution in [2.75, 3.05) is 0 Å². The normalized spacial score (nSPS) is 11.8. The van der Waals surface area contributed by atoms with Crippen LogP contribution in [0.3, 0.4) is 0 Å². The summed E-state index contributed by atoms with van der Waals surface area (Å²) in [7, 11) is 0. The van der Waals surface area contributed by atoms with E-state index in [1.807, 2.05) is 6.20 Å². The molecule has 0 aliphatic heterocycles. The van der Waals surface area contributed by atoms with Gasteiger partial charge in [-0.3, -0.25) is 4.98 Å². The standard InChI is InChI=1S/C70H44N4/c1-3-15-45(16-4-1)47-27-31-49(32-28-47)51-35-37-56-57-38-36-52(50-33-29-48(30-34-50)46-17-5-2-6-18-46)42-63(57)70-69(62(56)41-51)71-44-64(72-70)53-39-54(73-65-23-11-7-19-58(65)59-20-8-12-24-66(59)73)43-55(40-53)74-67-25-13-9-21-60(67)61-22-10-14-26-68(61)74/h1-44H. The maximum Gasteiger partial charge on any atom is 0.0979 e. The van der Waals surface area contributed by atoms with Crippen LogP contribution in [0.15, 0.2) is 267 Å². The lowest BCUT2D eigenvalue weighted by Crippen LogP contribution is -2.01. The van der Waals surface area contributed by atoms with Crippen LogP contribution in [0.25, 0.3) is 143 Å². The van der Waals surface area contributed by atoms with Gasteiger partial charge in [0.25, 0.3) is 0 Å². The number of benzene rings is 12. The summed E-state index contributed by atoms with van der Waals surface area (Å²) >= 11 is 0. The summed E-state index contributed by atoms with van der Waals surface area (Å²) in [4.78, 5) is 11.3. The van der Waals surface area contributed by atoms with Gasteiger partial charge in [-0.25, -0.2) is 4.98 Å². The third kappa shape index (κ3) is 6.77. The lowest BCUT2D eigenvalue weighted by atomic mass is 9.92. The Hall–Kier alpha value is -9.90. The molecule has 0 saturated carbocycles. The minimum absolute atomic E-state index is 0.799. The molecule has 3 aromatic heterocycles. The first-order valence-electron chi connectivity index (χ1n) is 25.3. The summed E-state index contributed by atoms with van der Waals surface area (Å²) in [5.74, 6) is 0. The van der Waals surface area contributed by atoms with Crippen LogP contribution in [0, 0.1) is 0 Å². The topological polar surface area (TPSA) is 35.6 Å². The van der Waals surface area contributed by atoms with Gasteiger partial charge in [0.2, 0.25) is 0 Å². The van der Waals surface area contributed by atoms with E-state index in [4.69, 9.17) is 9.97 Å². The molecule has 0 atom stereocenters. The molecule has 3 heterocycles. The molecule has 0 fully saturated rings. The van der Waals surface area contributed by atoms with Gasteiger partial charge in [-0.1, -0.05) is 206 Å². The smallest absolute Gasteiger partial charge is 0.0979 e. The zero-order valence-corrected chi connectivity index (χ0v) is 40.2. The van der Waals surface area contributed by atoms with Crippen LogP contribution >= 0.6 is 0 Å².